The van der Waals surface area contributed by atoms with E-state index >= 15 is 0 Å². The molecule has 3 aliphatic rings. The van der Waals surface area contributed by atoms with Gasteiger partial charge in [-0.05, 0) is 62.1 Å². The fourth-order valence-electron chi connectivity index (χ4n) is 5.08. The van der Waals surface area contributed by atoms with Crippen LogP contribution in [0.1, 0.15) is 43.7 Å². The van der Waals surface area contributed by atoms with Crippen molar-refractivity contribution in [1.29, 1.82) is 0 Å². The van der Waals surface area contributed by atoms with Crippen LogP contribution in [0.15, 0.2) is 50.9 Å². The Balaban J connectivity index is 1.14. The lowest BCUT2D eigenvalue weighted by molar-refractivity contribution is -0.128. The number of piperidine rings is 1. The number of furan rings is 1. The average molecular weight is 405 g/mol. The number of fused-ring (bicyclic) bond motifs is 1. The van der Waals surface area contributed by atoms with Crippen molar-refractivity contribution in [1.82, 2.24) is 10.2 Å². The highest BCUT2D eigenvalue weighted by Crippen LogP contribution is 2.59. The van der Waals surface area contributed by atoms with Crippen LogP contribution < -0.4 is 5.32 Å². The molecule has 1 N–H and O–H groups in total. The molecule has 2 amide bonds. The number of nitrogens with zero attached hydrogens (tertiary/aromatic N) is 2. The molecule has 6 heteroatoms. The van der Waals surface area contributed by atoms with Crippen LogP contribution in [0.4, 0.5) is 0 Å². The van der Waals surface area contributed by atoms with Crippen molar-refractivity contribution in [2.75, 3.05) is 26.2 Å². The summed E-state index contributed by atoms with van der Waals surface area (Å²) in [7, 11) is 0. The molecule has 30 heavy (non-hydrogen) atoms. The normalized spacial score (nSPS) is 22.5. The quantitative estimate of drug-likeness (QED) is 0.845. The Labute approximate surface area is 176 Å². The van der Waals surface area contributed by atoms with E-state index in [9.17, 15) is 9.59 Å². The van der Waals surface area contributed by atoms with Crippen LogP contribution in [-0.4, -0.2) is 48.6 Å². The van der Waals surface area contributed by atoms with Gasteiger partial charge in [0.15, 0.2) is 5.76 Å². The second-order valence-electron chi connectivity index (χ2n) is 8.97. The predicted octanol–water partition coefficient (Wildman–Crippen LogP) is 3.58. The van der Waals surface area contributed by atoms with Gasteiger partial charge in [0.25, 0.3) is 11.8 Å². The van der Waals surface area contributed by atoms with Gasteiger partial charge in [-0.3, -0.25) is 14.6 Å². The first-order chi connectivity index (χ1) is 14.5. The van der Waals surface area contributed by atoms with E-state index in [4.69, 9.17) is 4.42 Å². The molecule has 2 aliphatic heterocycles. The first-order valence-corrected chi connectivity index (χ1v) is 10.7. The van der Waals surface area contributed by atoms with E-state index in [2.05, 4.69) is 10.3 Å². The number of rotatable bonds is 4. The summed E-state index contributed by atoms with van der Waals surface area (Å²) in [5, 5.41) is 3.99. The number of para-hydroxylation sites is 1. The van der Waals surface area contributed by atoms with Crippen molar-refractivity contribution in [2.45, 2.75) is 33.1 Å². The molecule has 1 unspecified atom stereocenters. The lowest BCUT2D eigenvalue weighted by Gasteiger charge is -2.33. The molecule has 1 atom stereocenters. The minimum absolute atomic E-state index is 0.136. The largest absolute Gasteiger partial charge is 0.451 e. The molecule has 2 aromatic rings. The fourth-order valence-corrected chi connectivity index (χ4v) is 5.08. The molecule has 0 radical (unpaired) electrons. The van der Waals surface area contributed by atoms with Gasteiger partial charge in [0.1, 0.15) is 5.58 Å². The predicted molar refractivity (Wildman–Crippen MR) is 116 cm³/mol. The van der Waals surface area contributed by atoms with E-state index in [-0.39, 0.29) is 17.2 Å². The molecule has 6 nitrogen and oxygen atoms in total. The van der Waals surface area contributed by atoms with Crippen LogP contribution in [0, 0.1) is 11.3 Å². The van der Waals surface area contributed by atoms with Crippen LogP contribution in [0.3, 0.4) is 0 Å². The maximum absolute atomic E-state index is 12.9. The van der Waals surface area contributed by atoms with Crippen molar-refractivity contribution in [3.8, 4) is 0 Å². The summed E-state index contributed by atoms with van der Waals surface area (Å²) in [5.41, 5.74) is 3.78. The first-order valence-electron chi connectivity index (χ1n) is 10.7. The van der Waals surface area contributed by atoms with Crippen LogP contribution in [-0.2, 0) is 4.79 Å². The Bertz CT molecular complexity index is 1050. The van der Waals surface area contributed by atoms with E-state index in [0.29, 0.717) is 24.8 Å². The molecular formula is C24H27N3O3. The average Bonchev–Trinajstić information content (AvgIpc) is 3.08. The third kappa shape index (κ3) is 3.24. The highest BCUT2D eigenvalue weighted by atomic mass is 16.3. The number of likely N-dealkylation sites (tertiary alicyclic amines) is 1. The molecule has 1 saturated carbocycles. The molecule has 1 saturated heterocycles. The molecule has 1 spiro atoms. The minimum atomic E-state index is -0.153. The highest BCUT2D eigenvalue weighted by molar-refractivity contribution is 6.22. The van der Waals surface area contributed by atoms with Gasteiger partial charge in [-0.25, -0.2) is 0 Å². The first kappa shape index (κ1) is 19.1. The monoisotopic (exact) mass is 405 g/mol. The Morgan fingerprint density at radius 2 is 2.00 bits per heavy atom. The van der Waals surface area contributed by atoms with Crippen LogP contribution in [0.2, 0.25) is 0 Å². The molecule has 156 valence electrons. The van der Waals surface area contributed by atoms with Gasteiger partial charge in [-0.2, -0.15) is 0 Å². The summed E-state index contributed by atoms with van der Waals surface area (Å²) >= 11 is 0. The van der Waals surface area contributed by atoms with Gasteiger partial charge < -0.3 is 14.6 Å². The zero-order chi connectivity index (χ0) is 20.9. The zero-order valence-corrected chi connectivity index (χ0v) is 17.5. The minimum Gasteiger partial charge on any atom is -0.451 e. The van der Waals surface area contributed by atoms with Gasteiger partial charge in [-0.15, -0.1) is 0 Å². The number of hydrogen-bond donors (Lipinski definition) is 1. The number of carbonyl (C=O) groups is 2. The third-order valence-electron chi connectivity index (χ3n) is 7.12. The number of hydrogen-bond acceptors (Lipinski definition) is 4. The van der Waals surface area contributed by atoms with E-state index in [1.54, 1.807) is 6.07 Å². The number of carbonyl (C=O) groups excluding carboxylic acids is 2. The molecule has 5 rings (SSSR count). The lowest BCUT2D eigenvalue weighted by atomic mass is 9.90. The van der Waals surface area contributed by atoms with E-state index in [1.807, 2.05) is 43.0 Å². The molecule has 0 bridgehead atoms. The van der Waals surface area contributed by atoms with Crippen molar-refractivity contribution in [3.05, 3.63) is 47.2 Å². The number of benzene rings is 1. The summed E-state index contributed by atoms with van der Waals surface area (Å²) in [4.78, 5) is 31.8. The maximum atomic E-state index is 12.9. The smallest absolute Gasteiger partial charge is 0.287 e. The van der Waals surface area contributed by atoms with Gasteiger partial charge in [0, 0.05) is 30.7 Å². The van der Waals surface area contributed by atoms with Gasteiger partial charge in [0.2, 0.25) is 0 Å². The lowest BCUT2D eigenvalue weighted by Crippen LogP contribution is -2.41. The second kappa shape index (κ2) is 7.11. The summed E-state index contributed by atoms with van der Waals surface area (Å²) in [6.45, 7) is 6.82. The zero-order valence-electron chi connectivity index (χ0n) is 17.5. The van der Waals surface area contributed by atoms with E-state index in [0.717, 1.165) is 60.2 Å². The van der Waals surface area contributed by atoms with Crippen LogP contribution in [0.25, 0.3) is 11.0 Å². The molecular weight excluding hydrogens is 378 g/mol. The summed E-state index contributed by atoms with van der Waals surface area (Å²) in [5.74, 6) is 0.832. The number of aliphatic imine (C=N–C) groups is 1. The maximum Gasteiger partial charge on any atom is 0.287 e. The summed E-state index contributed by atoms with van der Waals surface area (Å²) in [6.07, 6.45) is 3.14. The number of nitrogens with one attached hydrogen (secondary N) is 1. The number of amides is 2. The van der Waals surface area contributed by atoms with E-state index < -0.39 is 0 Å². The molecule has 1 aliphatic carbocycles. The molecule has 3 heterocycles. The SMILES string of the molecule is CC1=NCC(C)=C1C(=O)N1CCC2(CC1)CC2CNC(=O)c1cc2ccccc2o1. The van der Waals surface area contributed by atoms with Gasteiger partial charge in [0.05, 0.1) is 12.1 Å². The fraction of sp³-hybridized carbons (Fsp3) is 0.458. The van der Waals surface area contributed by atoms with Crippen LogP contribution in [0.5, 0.6) is 0 Å². The van der Waals surface area contributed by atoms with Gasteiger partial charge >= 0.3 is 0 Å². The molecule has 2 fully saturated rings. The Hall–Kier alpha value is -2.89. The van der Waals surface area contributed by atoms with Crippen molar-refractivity contribution in [2.24, 2.45) is 16.3 Å². The topological polar surface area (TPSA) is 74.9 Å². The highest BCUT2D eigenvalue weighted by Gasteiger charge is 2.55. The Morgan fingerprint density at radius 3 is 2.70 bits per heavy atom. The summed E-state index contributed by atoms with van der Waals surface area (Å²) < 4.78 is 5.66. The Kier molecular flexibility index (Phi) is 4.53. The van der Waals surface area contributed by atoms with Crippen molar-refractivity contribution in [3.63, 3.8) is 0 Å². The van der Waals surface area contributed by atoms with Crippen LogP contribution >= 0.6 is 0 Å². The molecule has 1 aromatic carbocycles. The summed E-state index contributed by atoms with van der Waals surface area (Å²) in [6, 6.07) is 9.44. The van der Waals surface area contributed by atoms with Crippen molar-refractivity contribution >= 4 is 28.5 Å². The van der Waals surface area contributed by atoms with Crippen molar-refractivity contribution < 1.29 is 14.0 Å². The third-order valence-corrected chi connectivity index (χ3v) is 7.12. The standard InChI is InChI=1S/C24H27N3O3/c1-15-13-25-16(2)21(15)23(29)27-9-7-24(8-10-27)12-18(24)14-26-22(28)20-11-17-5-3-4-6-19(17)30-20/h3-6,11,18H,7-10,12-14H2,1-2H3,(H,26,28). The second-order valence-corrected chi connectivity index (χ2v) is 8.97. The van der Waals surface area contributed by atoms with E-state index in [1.165, 1.54) is 0 Å². The Morgan fingerprint density at radius 1 is 1.23 bits per heavy atom. The molecule has 1 aromatic heterocycles. The van der Waals surface area contributed by atoms with Gasteiger partial charge in [-0.1, -0.05) is 18.2 Å².